The van der Waals surface area contributed by atoms with Crippen LogP contribution in [-0.2, 0) is 0 Å². The lowest BCUT2D eigenvalue weighted by Gasteiger charge is -2.10. The van der Waals surface area contributed by atoms with E-state index in [1.54, 1.807) is 18.0 Å². The number of rotatable bonds is 5. The van der Waals surface area contributed by atoms with Gasteiger partial charge in [-0.15, -0.1) is 11.3 Å². The second-order valence-electron chi connectivity index (χ2n) is 5.56. The smallest absolute Gasteiger partial charge is 0.173 e. The number of para-hydroxylation sites is 1. The summed E-state index contributed by atoms with van der Waals surface area (Å²) < 4.78 is 7.61. The second-order valence-corrected chi connectivity index (χ2v) is 7.61. The molecule has 0 unspecified atom stereocenters. The van der Waals surface area contributed by atoms with Crippen LogP contribution in [0, 0.1) is 11.3 Å². The topological polar surface area (TPSA) is 70.8 Å². The van der Waals surface area contributed by atoms with E-state index in [0.29, 0.717) is 11.2 Å². The average molecular weight is 390 g/mol. The van der Waals surface area contributed by atoms with Crippen molar-refractivity contribution in [3.05, 3.63) is 66.4 Å². The minimum atomic E-state index is 0.489. The molecule has 0 saturated heterocycles. The first-order valence-corrected chi connectivity index (χ1v) is 10.1. The second kappa shape index (κ2) is 7.66. The molecule has 4 rings (SSSR count). The van der Waals surface area contributed by atoms with E-state index >= 15 is 0 Å². The summed E-state index contributed by atoms with van der Waals surface area (Å²) in [6.07, 6.45) is 3.53. The van der Waals surface area contributed by atoms with Crippen LogP contribution in [0.5, 0.6) is 11.5 Å². The highest BCUT2D eigenvalue weighted by Crippen LogP contribution is 2.36. The molecule has 2 aromatic heterocycles. The first-order valence-electron chi connectivity index (χ1n) is 8.10. The SMILES string of the molecule is CSc1nc2ncc(C#N)c(Nc3ccc(Oc4ccccc4)cc3)c2s1. The van der Waals surface area contributed by atoms with Crippen molar-refractivity contribution in [3.63, 3.8) is 0 Å². The Morgan fingerprint density at radius 3 is 2.52 bits per heavy atom. The van der Waals surface area contributed by atoms with Gasteiger partial charge in [-0.25, -0.2) is 9.97 Å². The standard InChI is InChI=1S/C20H14N4OS2/c1-26-20-24-19-18(27-20)17(13(11-21)12-22-19)23-14-7-9-16(10-8-14)25-15-5-3-2-4-6-15/h2-10,12H,1H3,(H,22,23). The van der Waals surface area contributed by atoms with E-state index in [-0.39, 0.29) is 0 Å². The van der Waals surface area contributed by atoms with Gasteiger partial charge in [0.25, 0.3) is 0 Å². The van der Waals surface area contributed by atoms with Crippen LogP contribution < -0.4 is 10.1 Å². The molecule has 0 atom stereocenters. The molecule has 27 heavy (non-hydrogen) atoms. The lowest BCUT2D eigenvalue weighted by atomic mass is 10.2. The number of nitriles is 1. The predicted octanol–water partition coefficient (Wildman–Crippen LogP) is 5.82. The van der Waals surface area contributed by atoms with Crippen LogP contribution in [0.3, 0.4) is 0 Å². The Kier molecular flexibility index (Phi) is 4.92. The summed E-state index contributed by atoms with van der Waals surface area (Å²) in [5.74, 6) is 1.53. The van der Waals surface area contributed by atoms with Crippen molar-refractivity contribution in [3.8, 4) is 17.6 Å². The number of pyridine rings is 1. The quantitative estimate of drug-likeness (QED) is 0.433. The van der Waals surface area contributed by atoms with E-state index < -0.39 is 0 Å². The highest BCUT2D eigenvalue weighted by atomic mass is 32.2. The van der Waals surface area contributed by atoms with Gasteiger partial charge in [0.1, 0.15) is 17.6 Å². The molecular formula is C20H14N4OS2. The van der Waals surface area contributed by atoms with Gasteiger partial charge in [-0.1, -0.05) is 30.0 Å². The number of ether oxygens (including phenoxy) is 1. The minimum absolute atomic E-state index is 0.489. The van der Waals surface area contributed by atoms with E-state index in [2.05, 4.69) is 21.4 Å². The maximum atomic E-state index is 9.46. The maximum Gasteiger partial charge on any atom is 0.173 e. The van der Waals surface area contributed by atoms with Crippen LogP contribution in [0.25, 0.3) is 10.3 Å². The Balaban J connectivity index is 1.62. The van der Waals surface area contributed by atoms with Crippen LogP contribution in [-0.4, -0.2) is 16.2 Å². The normalized spacial score (nSPS) is 10.5. The summed E-state index contributed by atoms with van der Waals surface area (Å²) in [7, 11) is 0. The van der Waals surface area contributed by atoms with Crippen LogP contribution in [0.1, 0.15) is 5.56 Å². The highest BCUT2D eigenvalue weighted by molar-refractivity contribution is 8.00. The summed E-state index contributed by atoms with van der Waals surface area (Å²) in [6.45, 7) is 0. The monoisotopic (exact) mass is 390 g/mol. The molecule has 0 aliphatic carbocycles. The third-order valence-corrected chi connectivity index (χ3v) is 5.85. The molecule has 0 saturated carbocycles. The van der Waals surface area contributed by atoms with Crippen molar-refractivity contribution in [2.24, 2.45) is 0 Å². The maximum absolute atomic E-state index is 9.46. The van der Waals surface area contributed by atoms with E-state index in [9.17, 15) is 5.26 Å². The molecule has 2 aromatic carbocycles. The number of thioether (sulfide) groups is 1. The number of benzene rings is 2. The van der Waals surface area contributed by atoms with Gasteiger partial charge in [-0.05, 0) is 42.7 Å². The molecule has 7 heteroatoms. The largest absolute Gasteiger partial charge is 0.457 e. The van der Waals surface area contributed by atoms with Gasteiger partial charge >= 0.3 is 0 Å². The number of fused-ring (bicyclic) bond motifs is 1. The first-order chi connectivity index (χ1) is 13.3. The van der Waals surface area contributed by atoms with Gasteiger partial charge in [-0.3, -0.25) is 0 Å². The fourth-order valence-corrected chi connectivity index (χ4v) is 4.05. The molecular weight excluding hydrogens is 376 g/mol. The molecule has 4 aromatic rings. The molecule has 132 valence electrons. The van der Waals surface area contributed by atoms with Crippen molar-refractivity contribution in [2.75, 3.05) is 11.6 Å². The van der Waals surface area contributed by atoms with Crippen LogP contribution in [0.2, 0.25) is 0 Å². The average Bonchev–Trinajstić information content (AvgIpc) is 3.14. The third kappa shape index (κ3) is 3.72. The molecule has 0 aliphatic rings. The van der Waals surface area contributed by atoms with Crippen LogP contribution >= 0.6 is 23.1 Å². The zero-order chi connectivity index (χ0) is 18.6. The molecule has 2 heterocycles. The molecule has 0 fully saturated rings. The Morgan fingerprint density at radius 1 is 1.07 bits per heavy atom. The summed E-state index contributed by atoms with van der Waals surface area (Å²) in [5.41, 5.74) is 2.73. The van der Waals surface area contributed by atoms with E-state index in [4.69, 9.17) is 4.74 Å². The number of nitrogens with zero attached hydrogens (tertiary/aromatic N) is 3. The first kappa shape index (κ1) is 17.3. The lowest BCUT2D eigenvalue weighted by Crippen LogP contribution is -1.95. The molecule has 0 amide bonds. The van der Waals surface area contributed by atoms with Gasteiger partial charge in [0, 0.05) is 11.9 Å². The van der Waals surface area contributed by atoms with Gasteiger partial charge < -0.3 is 10.1 Å². The van der Waals surface area contributed by atoms with Crippen molar-refractivity contribution in [1.82, 2.24) is 9.97 Å². The van der Waals surface area contributed by atoms with Gasteiger partial charge in [0.15, 0.2) is 9.99 Å². The Morgan fingerprint density at radius 2 is 1.81 bits per heavy atom. The van der Waals surface area contributed by atoms with Crippen molar-refractivity contribution in [1.29, 1.82) is 5.26 Å². The summed E-state index contributed by atoms with van der Waals surface area (Å²) >= 11 is 3.09. The molecule has 0 bridgehead atoms. The van der Waals surface area contributed by atoms with Crippen LogP contribution in [0.15, 0.2) is 65.1 Å². The van der Waals surface area contributed by atoms with Crippen molar-refractivity contribution in [2.45, 2.75) is 4.34 Å². The third-order valence-electron chi connectivity index (χ3n) is 3.80. The molecule has 5 nitrogen and oxygen atoms in total. The fraction of sp³-hybridized carbons (Fsp3) is 0.0500. The fourth-order valence-electron chi connectivity index (χ4n) is 2.53. The molecule has 0 spiro atoms. The van der Waals surface area contributed by atoms with Crippen molar-refractivity contribution >= 4 is 44.8 Å². The highest BCUT2D eigenvalue weighted by Gasteiger charge is 2.14. The Labute approximate surface area is 164 Å². The molecule has 0 radical (unpaired) electrons. The minimum Gasteiger partial charge on any atom is -0.457 e. The molecule has 1 N–H and O–H groups in total. The van der Waals surface area contributed by atoms with Crippen LogP contribution in [0.4, 0.5) is 11.4 Å². The number of aromatic nitrogens is 2. The van der Waals surface area contributed by atoms with Gasteiger partial charge in [0.2, 0.25) is 0 Å². The van der Waals surface area contributed by atoms with E-state index in [1.165, 1.54) is 11.3 Å². The van der Waals surface area contributed by atoms with E-state index in [1.807, 2.05) is 60.9 Å². The van der Waals surface area contributed by atoms with Crippen molar-refractivity contribution < 1.29 is 4.74 Å². The Bertz CT molecular complexity index is 1120. The van der Waals surface area contributed by atoms with Gasteiger partial charge in [0.05, 0.1) is 16.0 Å². The van der Waals surface area contributed by atoms with Gasteiger partial charge in [-0.2, -0.15) is 5.26 Å². The zero-order valence-electron chi connectivity index (χ0n) is 14.3. The van der Waals surface area contributed by atoms with E-state index in [0.717, 1.165) is 31.9 Å². The number of hydrogen-bond donors (Lipinski definition) is 1. The zero-order valence-corrected chi connectivity index (χ0v) is 16.0. The lowest BCUT2D eigenvalue weighted by molar-refractivity contribution is 0.483. The summed E-state index contributed by atoms with van der Waals surface area (Å²) in [5, 5.41) is 12.8. The number of hydrogen-bond acceptors (Lipinski definition) is 7. The number of anilines is 2. The molecule has 0 aliphatic heterocycles. The summed E-state index contributed by atoms with van der Waals surface area (Å²) in [4.78, 5) is 8.76. The number of thiazole rings is 1. The Hall–Kier alpha value is -3.08. The number of nitrogens with one attached hydrogen (secondary N) is 1. The predicted molar refractivity (Wildman–Crippen MR) is 110 cm³/mol. The summed E-state index contributed by atoms with van der Waals surface area (Å²) in [6, 6.07) is 19.4.